The van der Waals surface area contributed by atoms with Gasteiger partial charge in [0.1, 0.15) is 6.10 Å². The maximum Gasteiger partial charge on any atom is 0.114 e. The molecule has 2 nitrogen and oxygen atoms in total. The van der Waals surface area contributed by atoms with Crippen LogP contribution in [0.1, 0.15) is 17.4 Å². The van der Waals surface area contributed by atoms with E-state index in [1.54, 1.807) is 6.08 Å². The predicted molar refractivity (Wildman–Crippen MR) is 39.5 cm³/mol. The molecule has 0 radical (unpaired) electrons. The van der Waals surface area contributed by atoms with E-state index in [-0.39, 0.29) is 0 Å². The van der Waals surface area contributed by atoms with Gasteiger partial charge in [0.25, 0.3) is 0 Å². The van der Waals surface area contributed by atoms with E-state index in [1.807, 2.05) is 30.0 Å². The van der Waals surface area contributed by atoms with Crippen molar-refractivity contribution in [3.63, 3.8) is 0 Å². The fourth-order valence-corrected chi connectivity index (χ4v) is 1.34. The maximum absolute atomic E-state index is 9.34. The molecule has 2 rings (SSSR count). The van der Waals surface area contributed by atoms with Crippen molar-refractivity contribution in [2.75, 3.05) is 0 Å². The highest BCUT2D eigenvalue weighted by atomic mass is 16.3. The molecule has 1 aliphatic rings. The van der Waals surface area contributed by atoms with Crippen molar-refractivity contribution in [1.82, 2.24) is 4.57 Å². The molecule has 0 saturated heterocycles. The van der Waals surface area contributed by atoms with Gasteiger partial charge in [-0.3, -0.25) is 0 Å². The Hall–Kier alpha value is -1.02. The van der Waals surface area contributed by atoms with Crippen LogP contribution in [0.15, 0.2) is 18.3 Å². The Kier molecular flexibility index (Phi) is 0.995. The molecule has 2 heterocycles. The minimum absolute atomic E-state index is 0.394. The average Bonchev–Trinajstić information content (AvgIpc) is 2.40. The van der Waals surface area contributed by atoms with Crippen LogP contribution < -0.4 is 0 Å². The van der Waals surface area contributed by atoms with Gasteiger partial charge >= 0.3 is 0 Å². The summed E-state index contributed by atoms with van der Waals surface area (Å²) in [7, 11) is 0. The largest absolute Gasteiger partial charge is 0.383 e. The minimum Gasteiger partial charge on any atom is -0.383 e. The van der Waals surface area contributed by atoms with Gasteiger partial charge in [-0.1, -0.05) is 0 Å². The number of hydrogen-bond acceptors (Lipinski definition) is 1. The molecule has 2 heteroatoms. The number of rotatable bonds is 0. The van der Waals surface area contributed by atoms with Crippen molar-refractivity contribution in [2.45, 2.75) is 13.0 Å². The molecule has 0 amide bonds. The second-order valence-corrected chi connectivity index (χ2v) is 2.58. The van der Waals surface area contributed by atoms with Crippen LogP contribution in [0.3, 0.4) is 0 Å². The maximum atomic E-state index is 9.34. The van der Waals surface area contributed by atoms with Gasteiger partial charge in [0, 0.05) is 12.4 Å². The Bertz CT molecular complexity index is 285. The quantitative estimate of drug-likeness (QED) is 0.570. The van der Waals surface area contributed by atoms with Crippen LogP contribution in [0, 0.1) is 6.92 Å². The zero-order valence-corrected chi connectivity index (χ0v) is 5.78. The van der Waals surface area contributed by atoms with E-state index in [4.69, 9.17) is 0 Å². The topological polar surface area (TPSA) is 25.2 Å². The first-order valence-corrected chi connectivity index (χ1v) is 3.33. The van der Waals surface area contributed by atoms with Gasteiger partial charge in [-0.05, 0) is 24.6 Å². The van der Waals surface area contributed by atoms with E-state index in [0.717, 1.165) is 11.3 Å². The second-order valence-electron chi connectivity index (χ2n) is 2.58. The number of fused-ring (bicyclic) bond motifs is 1. The van der Waals surface area contributed by atoms with E-state index in [2.05, 4.69) is 0 Å². The van der Waals surface area contributed by atoms with Crippen LogP contribution in [0.4, 0.5) is 0 Å². The van der Waals surface area contributed by atoms with Gasteiger partial charge in [-0.2, -0.15) is 0 Å². The summed E-state index contributed by atoms with van der Waals surface area (Å²) in [5.74, 6) is 0. The van der Waals surface area contributed by atoms with Crippen molar-refractivity contribution in [3.8, 4) is 0 Å². The van der Waals surface area contributed by atoms with E-state index in [1.165, 1.54) is 0 Å². The fraction of sp³-hybridized carbons (Fsp3) is 0.250. The summed E-state index contributed by atoms with van der Waals surface area (Å²) in [5.41, 5.74) is 2.15. The van der Waals surface area contributed by atoms with E-state index < -0.39 is 6.10 Å². The molecular weight excluding hydrogens is 126 g/mol. The second kappa shape index (κ2) is 1.73. The Balaban J connectivity index is 2.63. The van der Waals surface area contributed by atoms with Gasteiger partial charge in [0.2, 0.25) is 0 Å². The summed E-state index contributed by atoms with van der Waals surface area (Å²) in [5, 5.41) is 9.34. The third-order valence-electron chi connectivity index (χ3n) is 1.88. The molecule has 0 aliphatic carbocycles. The van der Waals surface area contributed by atoms with Gasteiger partial charge in [-0.25, -0.2) is 0 Å². The summed E-state index contributed by atoms with van der Waals surface area (Å²) in [6, 6.07) is 2.00. The number of aliphatic hydroxyl groups is 1. The molecule has 0 aromatic carbocycles. The van der Waals surface area contributed by atoms with Crippen LogP contribution in [0.5, 0.6) is 0 Å². The fourth-order valence-electron chi connectivity index (χ4n) is 1.34. The van der Waals surface area contributed by atoms with E-state index in [9.17, 15) is 5.11 Å². The summed E-state index contributed by atoms with van der Waals surface area (Å²) in [6.45, 7) is 2.00. The standard InChI is InChI=1S/C8H9NO/c1-6-2-4-9-5-3-7(10)8(6)9/h2-5,7,10H,1H3. The summed E-state index contributed by atoms with van der Waals surface area (Å²) < 4.78 is 1.94. The smallest absolute Gasteiger partial charge is 0.114 e. The molecule has 0 saturated carbocycles. The Morgan fingerprint density at radius 1 is 1.60 bits per heavy atom. The van der Waals surface area contributed by atoms with Gasteiger partial charge in [-0.15, -0.1) is 0 Å². The molecule has 1 aliphatic heterocycles. The summed E-state index contributed by atoms with van der Waals surface area (Å²) >= 11 is 0. The third-order valence-corrected chi connectivity index (χ3v) is 1.88. The van der Waals surface area contributed by atoms with Crippen molar-refractivity contribution < 1.29 is 5.11 Å². The zero-order chi connectivity index (χ0) is 7.14. The summed E-state index contributed by atoms with van der Waals surface area (Å²) in [4.78, 5) is 0. The van der Waals surface area contributed by atoms with Crippen molar-refractivity contribution in [3.05, 3.63) is 29.6 Å². The monoisotopic (exact) mass is 135 g/mol. The average molecular weight is 135 g/mol. The summed E-state index contributed by atoms with van der Waals surface area (Å²) in [6.07, 6.45) is 5.22. The van der Waals surface area contributed by atoms with Gasteiger partial charge in [0.05, 0.1) is 5.69 Å². The predicted octanol–water partition coefficient (Wildman–Crippen LogP) is 1.31. The van der Waals surface area contributed by atoms with E-state index >= 15 is 0 Å². The number of hydrogen-bond donors (Lipinski definition) is 1. The van der Waals surface area contributed by atoms with Gasteiger partial charge < -0.3 is 9.67 Å². The number of nitrogens with zero attached hydrogens (tertiary/aromatic N) is 1. The van der Waals surface area contributed by atoms with Gasteiger partial charge in [0.15, 0.2) is 0 Å². The van der Waals surface area contributed by atoms with Crippen LogP contribution in [-0.2, 0) is 0 Å². The van der Waals surface area contributed by atoms with Crippen LogP contribution in [0.25, 0.3) is 6.20 Å². The molecule has 1 atom stereocenters. The van der Waals surface area contributed by atoms with Crippen LogP contribution in [0.2, 0.25) is 0 Å². The molecular formula is C8H9NO. The SMILES string of the molecule is Cc1ccn2c1C(O)C=C2. The van der Waals surface area contributed by atoms with Crippen molar-refractivity contribution in [1.29, 1.82) is 0 Å². The third kappa shape index (κ3) is 0.567. The van der Waals surface area contributed by atoms with E-state index in [0.29, 0.717) is 0 Å². The molecule has 0 bridgehead atoms. The zero-order valence-electron chi connectivity index (χ0n) is 5.78. The van der Waals surface area contributed by atoms with Crippen LogP contribution in [-0.4, -0.2) is 9.67 Å². The Morgan fingerprint density at radius 3 is 3.10 bits per heavy atom. The lowest BCUT2D eigenvalue weighted by atomic mass is 10.2. The lowest BCUT2D eigenvalue weighted by Gasteiger charge is -2.00. The molecule has 0 spiro atoms. The Morgan fingerprint density at radius 2 is 2.40 bits per heavy atom. The molecule has 1 aromatic rings. The lowest BCUT2D eigenvalue weighted by Crippen LogP contribution is -1.93. The first-order valence-electron chi connectivity index (χ1n) is 3.33. The number of aliphatic hydroxyl groups excluding tert-OH is 1. The van der Waals surface area contributed by atoms with Crippen molar-refractivity contribution in [2.24, 2.45) is 0 Å². The minimum atomic E-state index is -0.394. The highest BCUT2D eigenvalue weighted by molar-refractivity contribution is 5.43. The van der Waals surface area contributed by atoms with Crippen molar-refractivity contribution >= 4 is 6.20 Å². The van der Waals surface area contributed by atoms with Crippen LogP contribution >= 0.6 is 0 Å². The molecule has 0 fully saturated rings. The molecule has 10 heavy (non-hydrogen) atoms. The number of aromatic nitrogens is 1. The number of aryl methyl sites for hydroxylation is 1. The highest BCUT2D eigenvalue weighted by Gasteiger charge is 2.15. The normalized spacial score (nSPS) is 21.6. The molecule has 1 aromatic heterocycles. The highest BCUT2D eigenvalue weighted by Crippen LogP contribution is 2.25. The Labute approximate surface area is 59.4 Å². The first kappa shape index (κ1) is 5.74. The molecule has 1 unspecified atom stereocenters. The first-order chi connectivity index (χ1) is 4.79. The lowest BCUT2D eigenvalue weighted by molar-refractivity contribution is 0.227. The molecule has 52 valence electrons. The molecule has 1 N–H and O–H groups in total.